The summed E-state index contributed by atoms with van der Waals surface area (Å²) in [6.07, 6.45) is 5.64. The molecule has 2 N–H and O–H groups in total. The van der Waals surface area contributed by atoms with Crippen molar-refractivity contribution in [1.82, 2.24) is 40.6 Å². The Morgan fingerprint density at radius 3 is 1.81 bits per heavy atom. The molecule has 2 aromatic heterocycles. The van der Waals surface area contributed by atoms with Gasteiger partial charge in [0.05, 0.1) is 25.5 Å². The van der Waals surface area contributed by atoms with E-state index in [4.69, 9.17) is 0 Å². The van der Waals surface area contributed by atoms with Crippen LogP contribution in [0.5, 0.6) is 0 Å². The maximum atomic E-state index is 10.2. The molecule has 0 aromatic carbocycles. The van der Waals surface area contributed by atoms with Gasteiger partial charge in [-0.3, -0.25) is 19.0 Å². The first-order chi connectivity index (χ1) is 10.3. The summed E-state index contributed by atoms with van der Waals surface area (Å²) in [6, 6.07) is 0. The molecule has 0 spiro atoms. The van der Waals surface area contributed by atoms with E-state index in [1.165, 1.54) is 0 Å². The number of aryl methyl sites for hydroxylation is 2. The lowest BCUT2D eigenvalue weighted by atomic mass is 10.4. The predicted molar refractivity (Wildman–Crippen MR) is 70.5 cm³/mol. The second kappa shape index (κ2) is 7.72. The van der Waals surface area contributed by atoms with E-state index >= 15 is 0 Å². The van der Waals surface area contributed by atoms with Crippen LogP contribution in [0.15, 0.2) is 12.4 Å². The van der Waals surface area contributed by atoms with Gasteiger partial charge in [0.2, 0.25) is 12.8 Å². The summed E-state index contributed by atoms with van der Waals surface area (Å²) in [7, 11) is 0. The maximum Gasteiger partial charge on any atom is 0.207 e. The third-order valence-electron chi connectivity index (χ3n) is 2.68. The van der Waals surface area contributed by atoms with Gasteiger partial charge in [-0.2, -0.15) is 0 Å². The van der Waals surface area contributed by atoms with Gasteiger partial charge in [-0.05, 0) is 6.42 Å². The summed E-state index contributed by atoms with van der Waals surface area (Å²) in [5, 5.41) is 20.9. The summed E-state index contributed by atoms with van der Waals surface area (Å²) in [5.74, 6) is 0. The number of hydrogen-bond donors (Lipinski definition) is 2. The molecule has 21 heavy (non-hydrogen) atoms. The Morgan fingerprint density at radius 2 is 1.38 bits per heavy atom. The summed E-state index contributed by atoms with van der Waals surface area (Å²) in [6.45, 7) is 2.13. The molecule has 2 rings (SSSR count). The quantitative estimate of drug-likeness (QED) is 0.512. The van der Waals surface area contributed by atoms with Crippen LogP contribution in [-0.4, -0.2) is 42.8 Å². The number of aromatic nitrogens is 6. The van der Waals surface area contributed by atoms with Crippen molar-refractivity contribution in [1.29, 1.82) is 0 Å². The monoisotopic (exact) mass is 292 g/mol. The lowest BCUT2D eigenvalue weighted by molar-refractivity contribution is -0.110. The molecule has 0 atom stereocenters. The van der Waals surface area contributed by atoms with Crippen LogP contribution in [0.2, 0.25) is 0 Å². The molecule has 2 aromatic rings. The van der Waals surface area contributed by atoms with E-state index in [-0.39, 0.29) is 0 Å². The first-order valence-corrected chi connectivity index (χ1v) is 6.44. The average Bonchev–Trinajstić information content (AvgIpc) is 3.12. The van der Waals surface area contributed by atoms with Crippen molar-refractivity contribution < 1.29 is 9.59 Å². The lowest BCUT2D eigenvalue weighted by Crippen LogP contribution is -2.10. The van der Waals surface area contributed by atoms with Crippen molar-refractivity contribution in [3.05, 3.63) is 23.8 Å². The molecule has 0 saturated heterocycles. The number of amides is 2. The van der Waals surface area contributed by atoms with E-state index in [0.717, 1.165) is 6.42 Å². The summed E-state index contributed by atoms with van der Waals surface area (Å²) >= 11 is 0. The van der Waals surface area contributed by atoms with Gasteiger partial charge in [-0.1, -0.05) is 10.4 Å². The second-order valence-corrected chi connectivity index (χ2v) is 4.30. The lowest BCUT2D eigenvalue weighted by Gasteiger charge is -2.00. The molecule has 0 unspecified atom stereocenters. The van der Waals surface area contributed by atoms with Crippen molar-refractivity contribution in [3.8, 4) is 0 Å². The highest BCUT2D eigenvalue weighted by atomic mass is 16.1. The van der Waals surface area contributed by atoms with Crippen LogP contribution < -0.4 is 10.6 Å². The first kappa shape index (κ1) is 14.6. The molecule has 0 radical (unpaired) electrons. The van der Waals surface area contributed by atoms with E-state index < -0.39 is 0 Å². The summed E-state index contributed by atoms with van der Waals surface area (Å²) < 4.78 is 3.43. The zero-order valence-corrected chi connectivity index (χ0v) is 11.3. The van der Waals surface area contributed by atoms with Crippen molar-refractivity contribution in [3.63, 3.8) is 0 Å². The Hall–Kier alpha value is -2.78. The molecule has 2 amide bonds. The zero-order valence-electron chi connectivity index (χ0n) is 11.3. The van der Waals surface area contributed by atoms with E-state index in [2.05, 4.69) is 31.3 Å². The fourth-order valence-electron chi connectivity index (χ4n) is 1.74. The number of rotatable bonds is 10. The van der Waals surface area contributed by atoms with Crippen molar-refractivity contribution in [2.75, 3.05) is 0 Å². The Morgan fingerprint density at radius 1 is 0.905 bits per heavy atom. The minimum atomic E-state index is 0.375. The van der Waals surface area contributed by atoms with Crippen LogP contribution in [0, 0.1) is 0 Å². The molecular formula is C11H16N8O2. The fourth-order valence-corrected chi connectivity index (χ4v) is 1.74. The molecule has 2 heterocycles. The Kier molecular flexibility index (Phi) is 5.38. The van der Waals surface area contributed by atoms with Crippen LogP contribution in [0.1, 0.15) is 17.8 Å². The summed E-state index contributed by atoms with van der Waals surface area (Å²) in [5.41, 5.74) is 1.43. The number of hydrogen-bond acceptors (Lipinski definition) is 6. The fraction of sp³-hybridized carbons (Fsp3) is 0.455. The van der Waals surface area contributed by atoms with E-state index in [1.54, 1.807) is 21.8 Å². The Balaban J connectivity index is 1.73. The van der Waals surface area contributed by atoms with Crippen LogP contribution in [0.4, 0.5) is 0 Å². The Labute approximate surface area is 120 Å². The minimum Gasteiger partial charge on any atom is -0.353 e. The molecule has 0 saturated carbocycles. The molecule has 0 aliphatic heterocycles. The highest BCUT2D eigenvalue weighted by Crippen LogP contribution is 1.98. The van der Waals surface area contributed by atoms with E-state index in [1.807, 2.05) is 0 Å². The number of carbonyl (C=O) groups excluding carboxylic acids is 2. The molecule has 10 nitrogen and oxygen atoms in total. The number of nitrogens with zero attached hydrogens (tertiary/aromatic N) is 6. The third kappa shape index (κ3) is 4.67. The molecule has 0 aliphatic carbocycles. The standard InChI is InChI=1S/C11H16N8O2/c20-8-12-4-10-6-18(16-14-10)2-1-3-19-7-11(15-17-19)5-13-9-21/h6-9H,1-5H2,(H,12,20)(H,13,21). The van der Waals surface area contributed by atoms with Gasteiger partial charge < -0.3 is 10.6 Å². The van der Waals surface area contributed by atoms with Gasteiger partial charge in [0, 0.05) is 13.1 Å². The highest BCUT2D eigenvalue weighted by molar-refractivity contribution is 5.46. The van der Waals surface area contributed by atoms with Gasteiger partial charge in [-0.25, -0.2) is 0 Å². The molecular weight excluding hydrogens is 276 g/mol. The van der Waals surface area contributed by atoms with Gasteiger partial charge in [0.1, 0.15) is 11.4 Å². The SMILES string of the molecule is O=CNCc1cn(CCCn2cc(CNC=O)nn2)nn1. The molecule has 0 bridgehead atoms. The van der Waals surface area contributed by atoms with Crippen LogP contribution >= 0.6 is 0 Å². The average molecular weight is 292 g/mol. The minimum absolute atomic E-state index is 0.375. The van der Waals surface area contributed by atoms with Crippen LogP contribution in [0.3, 0.4) is 0 Å². The zero-order chi connectivity index (χ0) is 14.9. The maximum absolute atomic E-state index is 10.2. The molecule has 0 fully saturated rings. The van der Waals surface area contributed by atoms with Crippen LogP contribution in [-0.2, 0) is 35.8 Å². The largest absolute Gasteiger partial charge is 0.353 e. The van der Waals surface area contributed by atoms with Gasteiger partial charge >= 0.3 is 0 Å². The third-order valence-corrected chi connectivity index (χ3v) is 2.68. The van der Waals surface area contributed by atoms with E-state index in [0.29, 0.717) is 50.4 Å². The number of carbonyl (C=O) groups is 2. The summed E-state index contributed by atoms with van der Waals surface area (Å²) in [4.78, 5) is 20.4. The number of nitrogens with one attached hydrogen (secondary N) is 2. The molecule has 0 aliphatic rings. The molecule has 10 heteroatoms. The van der Waals surface area contributed by atoms with Crippen molar-refractivity contribution >= 4 is 12.8 Å². The van der Waals surface area contributed by atoms with Gasteiger partial charge in [-0.15, -0.1) is 10.2 Å². The van der Waals surface area contributed by atoms with Gasteiger partial charge in [0.15, 0.2) is 0 Å². The topological polar surface area (TPSA) is 120 Å². The van der Waals surface area contributed by atoms with Crippen molar-refractivity contribution in [2.45, 2.75) is 32.6 Å². The van der Waals surface area contributed by atoms with Crippen molar-refractivity contribution in [2.24, 2.45) is 0 Å². The Bertz CT molecular complexity index is 528. The van der Waals surface area contributed by atoms with E-state index in [9.17, 15) is 9.59 Å². The van der Waals surface area contributed by atoms with Gasteiger partial charge in [0.25, 0.3) is 0 Å². The highest BCUT2D eigenvalue weighted by Gasteiger charge is 2.02. The molecule has 112 valence electrons. The first-order valence-electron chi connectivity index (χ1n) is 6.44. The predicted octanol–water partition coefficient (Wildman–Crippen LogP) is -1.55. The smallest absolute Gasteiger partial charge is 0.207 e. The second-order valence-electron chi connectivity index (χ2n) is 4.30. The normalized spacial score (nSPS) is 10.3. The van der Waals surface area contributed by atoms with Crippen LogP contribution in [0.25, 0.3) is 0 Å².